The van der Waals surface area contributed by atoms with Crippen molar-refractivity contribution in [3.8, 4) is 0 Å². The number of nitrogens with one attached hydrogen (secondary N) is 2. The van der Waals surface area contributed by atoms with Crippen LogP contribution in [-0.2, 0) is 23.8 Å². The fourth-order valence-electron chi connectivity index (χ4n) is 4.32. The third-order valence-corrected chi connectivity index (χ3v) is 7.61. The number of H-pyrrole nitrogens is 1. The summed E-state index contributed by atoms with van der Waals surface area (Å²) < 4.78 is 45.0. The van der Waals surface area contributed by atoms with E-state index < -0.39 is 39.8 Å². The van der Waals surface area contributed by atoms with Gasteiger partial charge in [0.1, 0.15) is 23.5 Å². The maximum absolute atomic E-state index is 13.3. The number of nitrogens with zero attached hydrogens (tertiary/aromatic N) is 3. The molecular formula is C23H31N5O7S. The standard InChI is InChI=1S/C23H31N5O7S/c1-5-23(30)16(12-33-7-3)34-21(18(23)35-36(31,32)15-10-8-14(4)9-11-15)28-20-17(27-22(28)29)19(24-6-2)25-13-26-20/h8-11,13,16,18,21,30H,5-7,12H2,1-4H3,(H,27,29)(H,24,25,26)/t16-,18+,21-,23-/m1/s1. The summed E-state index contributed by atoms with van der Waals surface area (Å²) in [5.74, 6) is 0.401. The Balaban J connectivity index is 1.84. The Bertz CT molecular complexity index is 1370. The normalized spacial score (nSPS) is 24.4. The Morgan fingerprint density at radius 3 is 2.58 bits per heavy atom. The van der Waals surface area contributed by atoms with E-state index in [4.69, 9.17) is 13.7 Å². The fourth-order valence-corrected chi connectivity index (χ4v) is 5.44. The van der Waals surface area contributed by atoms with Gasteiger partial charge in [0, 0.05) is 13.2 Å². The predicted molar refractivity (Wildman–Crippen MR) is 131 cm³/mol. The van der Waals surface area contributed by atoms with Crippen LogP contribution in [0.2, 0.25) is 0 Å². The molecule has 0 saturated carbocycles. The van der Waals surface area contributed by atoms with Gasteiger partial charge in [0.15, 0.2) is 23.8 Å². The zero-order valence-electron chi connectivity index (χ0n) is 20.6. The van der Waals surface area contributed by atoms with Gasteiger partial charge in [-0.2, -0.15) is 8.42 Å². The molecule has 1 aliphatic rings. The molecule has 1 aromatic carbocycles. The monoisotopic (exact) mass is 521 g/mol. The second-order valence-corrected chi connectivity index (χ2v) is 10.1. The number of aryl methyl sites for hydroxylation is 1. The Morgan fingerprint density at radius 1 is 1.22 bits per heavy atom. The van der Waals surface area contributed by atoms with Gasteiger partial charge in [-0.3, -0.25) is 4.18 Å². The quantitative estimate of drug-likeness (QED) is 0.335. The summed E-state index contributed by atoms with van der Waals surface area (Å²) in [4.78, 5) is 24.1. The molecule has 36 heavy (non-hydrogen) atoms. The first-order valence-corrected chi connectivity index (χ1v) is 13.2. The minimum Gasteiger partial charge on any atom is -0.384 e. The molecule has 2 aromatic heterocycles. The first kappa shape index (κ1) is 26.2. The molecule has 3 aromatic rings. The number of hydrogen-bond acceptors (Lipinski definition) is 10. The summed E-state index contributed by atoms with van der Waals surface area (Å²) in [5, 5.41) is 14.8. The highest BCUT2D eigenvalue weighted by Gasteiger charge is 2.58. The molecule has 3 N–H and O–H groups in total. The molecule has 0 spiro atoms. The van der Waals surface area contributed by atoms with Crippen molar-refractivity contribution in [1.82, 2.24) is 19.5 Å². The number of fused-ring (bicyclic) bond motifs is 1. The van der Waals surface area contributed by atoms with Crippen molar-refractivity contribution in [2.45, 2.75) is 63.0 Å². The average Bonchev–Trinajstić information content (AvgIpc) is 3.32. The highest BCUT2D eigenvalue weighted by molar-refractivity contribution is 7.86. The van der Waals surface area contributed by atoms with Crippen LogP contribution in [0.5, 0.6) is 0 Å². The molecular weight excluding hydrogens is 490 g/mol. The summed E-state index contributed by atoms with van der Waals surface area (Å²) in [7, 11) is -4.34. The first-order valence-electron chi connectivity index (χ1n) is 11.8. The molecule has 0 unspecified atom stereocenters. The molecule has 4 rings (SSSR count). The van der Waals surface area contributed by atoms with Crippen LogP contribution >= 0.6 is 0 Å². The van der Waals surface area contributed by atoms with Gasteiger partial charge in [0.05, 0.1) is 11.5 Å². The van der Waals surface area contributed by atoms with E-state index in [1.165, 1.54) is 18.5 Å². The minimum absolute atomic E-state index is 0.0312. The zero-order valence-corrected chi connectivity index (χ0v) is 21.4. The van der Waals surface area contributed by atoms with Crippen LogP contribution in [0.1, 0.15) is 39.0 Å². The van der Waals surface area contributed by atoms with Gasteiger partial charge in [-0.15, -0.1) is 0 Å². The predicted octanol–water partition coefficient (Wildman–Crippen LogP) is 1.71. The molecule has 0 amide bonds. The maximum atomic E-state index is 13.3. The third kappa shape index (κ3) is 4.64. The Hall–Kier alpha value is -2.84. The third-order valence-electron chi connectivity index (χ3n) is 6.30. The first-order chi connectivity index (χ1) is 17.2. The summed E-state index contributed by atoms with van der Waals surface area (Å²) in [6, 6.07) is 6.14. The van der Waals surface area contributed by atoms with E-state index in [1.54, 1.807) is 26.0 Å². The average molecular weight is 522 g/mol. The van der Waals surface area contributed by atoms with E-state index in [2.05, 4.69) is 20.3 Å². The summed E-state index contributed by atoms with van der Waals surface area (Å²) in [6.07, 6.45) is -2.43. The molecule has 13 heteroatoms. The maximum Gasteiger partial charge on any atom is 0.330 e. The molecule has 0 radical (unpaired) electrons. The van der Waals surface area contributed by atoms with Crippen molar-refractivity contribution < 1.29 is 27.2 Å². The van der Waals surface area contributed by atoms with Gasteiger partial charge >= 0.3 is 5.69 Å². The lowest BCUT2D eigenvalue weighted by Gasteiger charge is -2.32. The topological polar surface area (TPSA) is 158 Å². The van der Waals surface area contributed by atoms with Crippen LogP contribution in [0.25, 0.3) is 11.2 Å². The van der Waals surface area contributed by atoms with Crippen molar-refractivity contribution in [3.63, 3.8) is 0 Å². The van der Waals surface area contributed by atoms with Gasteiger partial charge in [-0.05, 0) is 39.3 Å². The largest absolute Gasteiger partial charge is 0.384 e. The van der Waals surface area contributed by atoms with E-state index in [-0.39, 0.29) is 23.6 Å². The summed E-state index contributed by atoms with van der Waals surface area (Å²) in [6.45, 7) is 8.05. The molecule has 0 bridgehead atoms. The Morgan fingerprint density at radius 2 is 1.94 bits per heavy atom. The van der Waals surface area contributed by atoms with Gasteiger partial charge in [0.25, 0.3) is 10.1 Å². The number of hydrogen-bond donors (Lipinski definition) is 3. The van der Waals surface area contributed by atoms with Crippen LogP contribution in [0.4, 0.5) is 5.82 Å². The van der Waals surface area contributed by atoms with Crippen molar-refractivity contribution in [1.29, 1.82) is 0 Å². The second-order valence-electron chi connectivity index (χ2n) is 8.55. The fraction of sp³-hybridized carbons (Fsp3) is 0.522. The number of aliphatic hydroxyl groups is 1. The molecule has 3 heterocycles. The zero-order chi connectivity index (χ0) is 26.1. The summed E-state index contributed by atoms with van der Waals surface area (Å²) >= 11 is 0. The van der Waals surface area contributed by atoms with E-state index in [0.717, 1.165) is 10.1 Å². The molecule has 0 aliphatic carbocycles. The highest BCUT2D eigenvalue weighted by atomic mass is 32.2. The van der Waals surface area contributed by atoms with Crippen LogP contribution in [-0.4, -0.2) is 70.6 Å². The number of aromatic nitrogens is 4. The molecule has 4 atom stereocenters. The smallest absolute Gasteiger partial charge is 0.330 e. The van der Waals surface area contributed by atoms with E-state index in [1.807, 2.05) is 13.8 Å². The van der Waals surface area contributed by atoms with E-state index in [0.29, 0.717) is 24.5 Å². The van der Waals surface area contributed by atoms with E-state index in [9.17, 15) is 18.3 Å². The SMILES string of the molecule is CCNc1ncnc2c1[nH]c(=O)n2[C@@H]1O[C@H](COCC)[C@](O)(CC)[C@H]1OS(=O)(=O)c1ccc(C)cc1. The minimum atomic E-state index is -4.34. The second kappa shape index (κ2) is 10.3. The van der Waals surface area contributed by atoms with Gasteiger partial charge in [-0.25, -0.2) is 19.3 Å². The van der Waals surface area contributed by atoms with Crippen molar-refractivity contribution in [2.75, 3.05) is 25.1 Å². The summed E-state index contributed by atoms with van der Waals surface area (Å²) in [5.41, 5.74) is -1.04. The van der Waals surface area contributed by atoms with Gasteiger partial charge in [0.2, 0.25) is 0 Å². The number of ether oxygens (including phenoxy) is 2. The highest BCUT2D eigenvalue weighted by Crippen LogP contribution is 2.43. The lowest BCUT2D eigenvalue weighted by atomic mass is 9.89. The van der Waals surface area contributed by atoms with Crippen molar-refractivity contribution in [2.24, 2.45) is 0 Å². The number of benzene rings is 1. The molecule has 1 aliphatic heterocycles. The molecule has 12 nitrogen and oxygen atoms in total. The Labute approximate surface area is 208 Å². The van der Waals surface area contributed by atoms with Crippen LogP contribution in [0.3, 0.4) is 0 Å². The molecule has 196 valence electrons. The number of aromatic amines is 1. The van der Waals surface area contributed by atoms with Crippen LogP contribution in [0, 0.1) is 6.92 Å². The van der Waals surface area contributed by atoms with Gasteiger partial charge < -0.3 is 24.9 Å². The lowest BCUT2D eigenvalue weighted by molar-refractivity contribution is -0.101. The number of rotatable bonds is 10. The number of anilines is 1. The van der Waals surface area contributed by atoms with Crippen molar-refractivity contribution >= 4 is 27.1 Å². The van der Waals surface area contributed by atoms with Crippen LogP contribution in [0.15, 0.2) is 40.3 Å². The van der Waals surface area contributed by atoms with Crippen molar-refractivity contribution in [3.05, 3.63) is 46.6 Å². The molecule has 1 fully saturated rings. The lowest BCUT2D eigenvalue weighted by Crippen LogP contribution is -2.51. The van der Waals surface area contributed by atoms with Gasteiger partial charge in [-0.1, -0.05) is 24.6 Å². The number of imidazole rings is 1. The van der Waals surface area contributed by atoms with E-state index >= 15 is 0 Å². The van der Waals surface area contributed by atoms with Crippen LogP contribution < -0.4 is 11.0 Å². The molecule has 1 saturated heterocycles. The Kier molecular flexibility index (Phi) is 7.48.